The number of aromatic nitrogens is 2. The number of anilines is 1. The van der Waals surface area contributed by atoms with E-state index in [1.165, 1.54) is 16.7 Å². The van der Waals surface area contributed by atoms with Crippen LogP contribution in [-0.2, 0) is 0 Å². The molecule has 1 aromatic carbocycles. The Labute approximate surface area is 178 Å². The molecule has 3 aromatic rings. The van der Waals surface area contributed by atoms with Crippen molar-refractivity contribution in [2.75, 3.05) is 31.1 Å². The summed E-state index contributed by atoms with van der Waals surface area (Å²) in [4.78, 5) is 16.5. The van der Waals surface area contributed by atoms with Crippen LogP contribution in [0.1, 0.15) is 27.2 Å². The van der Waals surface area contributed by atoms with Gasteiger partial charge in [-0.05, 0) is 83.7 Å². The largest absolute Gasteiger partial charge is 0.444 e. The molecule has 4 rings (SSSR count). The summed E-state index contributed by atoms with van der Waals surface area (Å²) in [7, 11) is 0. The first-order valence-corrected chi connectivity index (χ1v) is 10.4. The second kappa shape index (κ2) is 7.99. The Balaban J connectivity index is 1.43. The van der Waals surface area contributed by atoms with Crippen LogP contribution in [0.25, 0.3) is 11.3 Å². The molecule has 3 heterocycles. The highest BCUT2D eigenvalue weighted by molar-refractivity contribution is 9.10. The summed E-state index contributed by atoms with van der Waals surface area (Å²) in [5.41, 5.74) is 5.73. The molecule has 0 N–H and O–H groups in total. The number of hydrogen-bond donors (Lipinski definition) is 0. The van der Waals surface area contributed by atoms with Crippen LogP contribution in [0.4, 0.5) is 5.82 Å². The molecule has 1 fully saturated rings. The average Bonchev–Trinajstić information content (AvgIpc) is 3.17. The van der Waals surface area contributed by atoms with E-state index in [9.17, 15) is 4.79 Å². The summed E-state index contributed by atoms with van der Waals surface area (Å²) < 4.78 is 5.94. The third-order valence-electron chi connectivity index (χ3n) is 5.44. The Morgan fingerprint density at radius 3 is 2.28 bits per heavy atom. The minimum Gasteiger partial charge on any atom is -0.444 e. The third kappa shape index (κ3) is 4.05. The smallest absolute Gasteiger partial charge is 0.289 e. The zero-order chi connectivity index (χ0) is 20.5. The Morgan fingerprint density at radius 2 is 1.66 bits per heavy atom. The molecule has 150 valence electrons. The minimum atomic E-state index is -0.0815. The quantitative estimate of drug-likeness (QED) is 0.587. The fourth-order valence-electron chi connectivity index (χ4n) is 3.60. The zero-order valence-corrected chi connectivity index (χ0v) is 18.4. The number of carbonyl (C=O) groups is 1. The molecule has 6 nitrogen and oxygen atoms in total. The van der Waals surface area contributed by atoms with E-state index in [1.807, 2.05) is 17.0 Å². The van der Waals surface area contributed by atoms with Crippen LogP contribution in [0.2, 0.25) is 0 Å². The van der Waals surface area contributed by atoms with Crippen molar-refractivity contribution in [2.24, 2.45) is 0 Å². The van der Waals surface area contributed by atoms with Crippen molar-refractivity contribution < 1.29 is 9.21 Å². The molecule has 29 heavy (non-hydrogen) atoms. The van der Waals surface area contributed by atoms with Crippen molar-refractivity contribution in [1.29, 1.82) is 0 Å². The molecule has 1 aliphatic rings. The highest BCUT2D eigenvalue weighted by Gasteiger charge is 2.25. The topological polar surface area (TPSA) is 62.5 Å². The lowest BCUT2D eigenvalue weighted by molar-refractivity contribution is 0.0713. The van der Waals surface area contributed by atoms with Crippen molar-refractivity contribution in [2.45, 2.75) is 20.8 Å². The van der Waals surface area contributed by atoms with Gasteiger partial charge in [-0.3, -0.25) is 4.79 Å². The van der Waals surface area contributed by atoms with Gasteiger partial charge in [-0.2, -0.15) is 0 Å². The zero-order valence-electron chi connectivity index (χ0n) is 16.8. The number of furan rings is 1. The van der Waals surface area contributed by atoms with E-state index < -0.39 is 0 Å². The van der Waals surface area contributed by atoms with Crippen LogP contribution in [-0.4, -0.2) is 47.2 Å². The van der Waals surface area contributed by atoms with E-state index in [4.69, 9.17) is 4.42 Å². The van der Waals surface area contributed by atoms with Gasteiger partial charge >= 0.3 is 0 Å². The number of nitrogens with zero attached hydrogens (tertiary/aromatic N) is 4. The number of piperazine rings is 1. The summed E-state index contributed by atoms with van der Waals surface area (Å²) in [6.07, 6.45) is 0. The monoisotopic (exact) mass is 454 g/mol. The van der Waals surface area contributed by atoms with Crippen LogP contribution in [0, 0.1) is 20.8 Å². The number of benzene rings is 1. The SMILES string of the molecule is Cc1cc(C)c(-c2ccc(N3CCN(C(=O)c4ccc(Br)o4)CC3)nn2)cc1C. The molecule has 0 atom stereocenters. The molecule has 0 unspecified atom stereocenters. The van der Waals surface area contributed by atoms with Gasteiger partial charge in [-0.1, -0.05) is 6.07 Å². The van der Waals surface area contributed by atoms with E-state index in [1.54, 1.807) is 12.1 Å². The van der Waals surface area contributed by atoms with Crippen LogP contribution >= 0.6 is 15.9 Å². The molecule has 1 saturated heterocycles. The highest BCUT2D eigenvalue weighted by atomic mass is 79.9. The predicted molar refractivity (Wildman–Crippen MR) is 116 cm³/mol. The Hall–Kier alpha value is -2.67. The molecule has 2 aromatic heterocycles. The maximum Gasteiger partial charge on any atom is 0.289 e. The number of hydrogen-bond acceptors (Lipinski definition) is 5. The van der Waals surface area contributed by atoms with Gasteiger partial charge in [0.1, 0.15) is 0 Å². The fourth-order valence-corrected chi connectivity index (χ4v) is 3.90. The number of carbonyl (C=O) groups excluding carboxylic acids is 1. The van der Waals surface area contributed by atoms with Gasteiger partial charge in [0.25, 0.3) is 5.91 Å². The lowest BCUT2D eigenvalue weighted by Crippen LogP contribution is -2.49. The van der Waals surface area contributed by atoms with Crippen LogP contribution < -0.4 is 4.90 Å². The summed E-state index contributed by atoms with van der Waals surface area (Å²) in [5, 5.41) is 8.92. The van der Waals surface area contributed by atoms with Gasteiger partial charge in [0.15, 0.2) is 16.2 Å². The molecule has 1 amide bonds. The van der Waals surface area contributed by atoms with E-state index >= 15 is 0 Å². The molecule has 7 heteroatoms. The molecule has 0 radical (unpaired) electrons. The van der Waals surface area contributed by atoms with Crippen molar-refractivity contribution in [3.63, 3.8) is 0 Å². The fraction of sp³-hybridized carbons (Fsp3) is 0.318. The number of halogens is 1. The van der Waals surface area contributed by atoms with Crippen LogP contribution in [0.5, 0.6) is 0 Å². The Kier molecular flexibility index (Phi) is 5.41. The average molecular weight is 455 g/mol. The van der Waals surface area contributed by atoms with E-state index in [0.29, 0.717) is 36.6 Å². The molecular weight excluding hydrogens is 432 g/mol. The first kappa shape index (κ1) is 19.6. The Bertz CT molecular complexity index is 1040. The van der Waals surface area contributed by atoms with Gasteiger partial charge < -0.3 is 14.2 Å². The second-order valence-corrected chi connectivity index (χ2v) is 8.19. The molecular formula is C22H23BrN4O2. The molecule has 0 aliphatic carbocycles. The van der Waals surface area contributed by atoms with Gasteiger partial charge in [-0.25, -0.2) is 0 Å². The van der Waals surface area contributed by atoms with Crippen LogP contribution in [0.3, 0.4) is 0 Å². The van der Waals surface area contributed by atoms with E-state index in [2.05, 4.69) is 63.9 Å². The third-order valence-corrected chi connectivity index (χ3v) is 5.87. The van der Waals surface area contributed by atoms with Crippen molar-refractivity contribution in [3.8, 4) is 11.3 Å². The lowest BCUT2D eigenvalue weighted by Gasteiger charge is -2.34. The summed E-state index contributed by atoms with van der Waals surface area (Å²) in [6.45, 7) is 9.01. The number of aryl methyl sites for hydroxylation is 3. The van der Waals surface area contributed by atoms with Gasteiger partial charge in [0.2, 0.25) is 0 Å². The van der Waals surface area contributed by atoms with Gasteiger partial charge in [0.05, 0.1) is 5.69 Å². The molecule has 1 aliphatic heterocycles. The van der Waals surface area contributed by atoms with Crippen molar-refractivity contribution >= 4 is 27.7 Å². The normalized spacial score (nSPS) is 14.3. The summed E-state index contributed by atoms with van der Waals surface area (Å²) in [5.74, 6) is 1.11. The highest BCUT2D eigenvalue weighted by Crippen LogP contribution is 2.26. The van der Waals surface area contributed by atoms with Crippen molar-refractivity contribution in [3.05, 3.63) is 63.5 Å². The lowest BCUT2D eigenvalue weighted by atomic mass is 9.99. The maximum atomic E-state index is 12.5. The molecule has 0 saturated carbocycles. The maximum absolute atomic E-state index is 12.5. The van der Waals surface area contributed by atoms with Gasteiger partial charge in [-0.15, -0.1) is 10.2 Å². The Morgan fingerprint density at radius 1 is 0.931 bits per heavy atom. The van der Waals surface area contributed by atoms with Crippen LogP contribution in [0.15, 0.2) is 45.5 Å². The van der Waals surface area contributed by atoms with E-state index in [0.717, 1.165) is 17.1 Å². The standard InChI is InChI=1S/C22H23BrN4O2/c1-14-12-16(3)17(13-15(14)2)18-4-7-21(25-24-18)26-8-10-27(11-9-26)22(28)19-5-6-20(23)29-19/h4-7,12-13H,8-11H2,1-3H3. The first-order chi connectivity index (χ1) is 13.9. The summed E-state index contributed by atoms with van der Waals surface area (Å²) >= 11 is 3.24. The van der Waals surface area contributed by atoms with Gasteiger partial charge in [0, 0.05) is 31.7 Å². The van der Waals surface area contributed by atoms with E-state index in [-0.39, 0.29) is 5.91 Å². The molecule has 0 bridgehead atoms. The first-order valence-electron chi connectivity index (χ1n) is 9.64. The predicted octanol–water partition coefficient (Wildman–Crippen LogP) is 4.39. The minimum absolute atomic E-state index is 0.0815. The van der Waals surface area contributed by atoms with Crippen molar-refractivity contribution in [1.82, 2.24) is 15.1 Å². The summed E-state index contributed by atoms with van der Waals surface area (Å²) in [6, 6.07) is 11.8. The second-order valence-electron chi connectivity index (χ2n) is 7.41. The number of rotatable bonds is 3. The number of amides is 1. The molecule has 0 spiro atoms.